The fourth-order valence-corrected chi connectivity index (χ4v) is 10.2. The number of benzene rings is 2. The van der Waals surface area contributed by atoms with Gasteiger partial charge >= 0.3 is 6.09 Å². The molecule has 1 unspecified atom stereocenters. The molecule has 17 heteroatoms. The second-order valence-electron chi connectivity index (χ2n) is 18.6. The van der Waals surface area contributed by atoms with E-state index < -0.39 is 74.3 Å². The first-order valence-corrected chi connectivity index (χ1v) is 23.4. The van der Waals surface area contributed by atoms with Crippen LogP contribution >= 0.6 is 0 Å². The third-order valence-electron chi connectivity index (χ3n) is 12.4. The Hall–Kier alpha value is -5.58. The first kappa shape index (κ1) is 44.0. The van der Waals surface area contributed by atoms with Gasteiger partial charge in [-0.05, 0) is 119 Å². The van der Waals surface area contributed by atoms with Gasteiger partial charge in [-0.15, -0.1) is 0 Å². The minimum atomic E-state index is -3.94. The molecule has 0 bridgehead atoms. The molecule has 8 rings (SSSR count). The quantitative estimate of drug-likeness (QED) is 0.243. The molecule has 2 saturated carbocycles. The fourth-order valence-electron chi connectivity index (χ4n) is 8.86. The lowest BCUT2D eigenvalue weighted by Crippen LogP contribution is -2.59. The molecule has 1 saturated heterocycles. The number of hydrogen-bond donors (Lipinski definition) is 3. The zero-order chi connectivity index (χ0) is 44.8. The number of hydrogen-bond acceptors (Lipinski definition) is 12. The van der Waals surface area contributed by atoms with Crippen molar-refractivity contribution >= 4 is 44.6 Å². The highest BCUT2D eigenvalue weighted by atomic mass is 32.2. The zero-order valence-corrected chi connectivity index (χ0v) is 37.4. The molecule has 2 aliphatic carbocycles. The van der Waals surface area contributed by atoms with Crippen molar-refractivity contribution in [2.45, 2.75) is 114 Å². The molecule has 338 valence electrons. The van der Waals surface area contributed by atoms with Gasteiger partial charge in [-0.25, -0.2) is 18.2 Å². The van der Waals surface area contributed by atoms with Crippen molar-refractivity contribution in [3.8, 4) is 34.4 Å². The van der Waals surface area contributed by atoms with Gasteiger partial charge in [0.05, 0.1) is 24.6 Å². The summed E-state index contributed by atoms with van der Waals surface area (Å²) in [7, 11) is -2.36. The van der Waals surface area contributed by atoms with Gasteiger partial charge in [-0.2, -0.15) is 0 Å². The minimum absolute atomic E-state index is 0.00628. The Morgan fingerprint density at radius 3 is 2.48 bits per heavy atom. The van der Waals surface area contributed by atoms with E-state index in [1.165, 1.54) is 4.90 Å². The van der Waals surface area contributed by atoms with E-state index in [1.807, 2.05) is 55.5 Å². The van der Waals surface area contributed by atoms with Crippen LogP contribution in [0.4, 0.5) is 4.79 Å². The van der Waals surface area contributed by atoms with Crippen molar-refractivity contribution < 1.29 is 51.3 Å². The molecule has 1 aromatic heterocycles. The molecule has 2 aromatic carbocycles. The van der Waals surface area contributed by atoms with Gasteiger partial charge in [0.25, 0.3) is 5.91 Å². The van der Waals surface area contributed by atoms with Crippen LogP contribution in [0.1, 0.15) is 79.6 Å². The molecular formula is C46H57N5O11S. The number of fused-ring (bicyclic) bond motifs is 4. The molecule has 3 aliphatic heterocycles. The average Bonchev–Trinajstić information content (AvgIpc) is 4.16. The number of nitrogens with zero attached hydrogens (tertiary/aromatic N) is 2. The first-order chi connectivity index (χ1) is 29.9. The van der Waals surface area contributed by atoms with Crippen molar-refractivity contribution in [2.75, 3.05) is 26.9 Å². The molecule has 16 nitrogen and oxygen atoms in total. The monoisotopic (exact) mass is 887 g/mol. The highest BCUT2D eigenvalue weighted by molar-refractivity contribution is 7.91. The Morgan fingerprint density at radius 2 is 1.75 bits per heavy atom. The second-order valence-corrected chi connectivity index (χ2v) is 20.6. The van der Waals surface area contributed by atoms with Crippen LogP contribution in [0.25, 0.3) is 22.0 Å². The summed E-state index contributed by atoms with van der Waals surface area (Å²) in [4.78, 5) is 63.5. The maximum Gasteiger partial charge on any atom is 0.408 e. The number of aromatic nitrogens is 1. The van der Waals surface area contributed by atoms with Gasteiger partial charge in [0.2, 0.25) is 27.7 Å². The van der Waals surface area contributed by atoms with Gasteiger partial charge in [0.15, 0.2) is 11.5 Å². The lowest BCUT2D eigenvalue weighted by atomic mass is 9.88. The molecular weight excluding hydrogens is 831 g/mol. The van der Waals surface area contributed by atoms with E-state index >= 15 is 4.79 Å². The largest absolute Gasteiger partial charge is 0.497 e. The van der Waals surface area contributed by atoms with Gasteiger partial charge < -0.3 is 39.2 Å². The van der Waals surface area contributed by atoms with E-state index in [4.69, 9.17) is 28.7 Å². The SMILES string of the molecule is COc1ccc2c(O[C@@H]3C[C@H]4C(=O)N[C@]5(C(=O)NS(=O)(=O)C6CC6)CC5/C=C\CC[C@@H](C)C[C@@H](C)[C@H](NC(=O)OC(C)(C)C)C(=O)N4C3)nc(-c3ccc4c(c3)OCCO4)cc2c1. The minimum Gasteiger partial charge on any atom is -0.497 e. The van der Waals surface area contributed by atoms with E-state index in [2.05, 4.69) is 22.3 Å². The van der Waals surface area contributed by atoms with E-state index in [1.54, 1.807) is 33.9 Å². The van der Waals surface area contributed by atoms with Crippen molar-refractivity contribution in [1.82, 2.24) is 25.2 Å². The summed E-state index contributed by atoms with van der Waals surface area (Å²) >= 11 is 0. The Bertz CT molecular complexity index is 2430. The molecule has 4 amide bonds. The molecule has 4 heterocycles. The van der Waals surface area contributed by atoms with E-state index in [0.717, 1.165) is 17.4 Å². The summed E-state index contributed by atoms with van der Waals surface area (Å²) in [6.45, 7) is 9.96. The normalized spacial score (nSPS) is 28.0. The number of carbonyl (C=O) groups excluding carboxylic acids is 4. The van der Waals surface area contributed by atoms with Gasteiger partial charge in [-0.3, -0.25) is 19.1 Å². The van der Waals surface area contributed by atoms with E-state index in [0.29, 0.717) is 67.2 Å². The fraction of sp³-hybridized carbons (Fsp3) is 0.543. The number of carbonyl (C=O) groups is 4. The van der Waals surface area contributed by atoms with Crippen molar-refractivity contribution in [3.05, 3.63) is 54.6 Å². The third kappa shape index (κ3) is 9.67. The smallest absolute Gasteiger partial charge is 0.408 e. The number of ether oxygens (including phenoxy) is 5. The maximum absolute atomic E-state index is 15.0. The van der Waals surface area contributed by atoms with Gasteiger partial charge in [-0.1, -0.05) is 26.0 Å². The second kappa shape index (κ2) is 17.2. The number of nitrogens with one attached hydrogen (secondary N) is 3. The molecule has 63 heavy (non-hydrogen) atoms. The standard InChI is InChI=1S/C46H57N5O11S/c1-26-9-7-8-10-30-24-46(30,43(54)50-63(56,57)33-13-14-33)49-40(52)36-23-32(25-51(36)42(53)39(27(2)19-26)48-44(55)62-45(3,4)5)61-41-34-15-12-31(58-6)20-29(34)21-35(47-41)28-11-16-37-38(22-28)60-18-17-59-37/h8,10-12,15-16,20-22,26-27,30,32-33,36,39H,7,9,13-14,17-19,23-25H2,1-6H3,(H,48,55)(H,49,52)(H,50,54)/b10-8-/t26-,27-,30?,32-,36+,39+,46-/m1/s1. The third-order valence-corrected chi connectivity index (χ3v) is 14.2. The number of amides is 4. The lowest BCUT2D eigenvalue weighted by molar-refractivity contribution is -0.142. The highest BCUT2D eigenvalue weighted by Crippen LogP contribution is 2.46. The van der Waals surface area contributed by atoms with E-state index in [9.17, 15) is 22.8 Å². The Labute approximate surface area is 367 Å². The van der Waals surface area contributed by atoms with E-state index in [-0.39, 0.29) is 37.1 Å². The predicted molar refractivity (Wildman–Crippen MR) is 233 cm³/mol. The summed E-state index contributed by atoms with van der Waals surface area (Å²) in [5.41, 5.74) is -1.09. The van der Waals surface area contributed by atoms with Crippen LogP contribution in [0.15, 0.2) is 54.6 Å². The van der Waals surface area contributed by atoms with Crippen molar-refractivity contribution in [3.63, 3.8) is 0 Å². The lowest BCUT2D eigenvalue weighted by Gasteiger charge is -2.33. The van der Waals surface area contributed by atoms with Gasteiger partial charge in [0.1, 0.15) is 48.3 Å². The Kier molecular flexibility index (Phi) is 12.0. The van der Waals surface area contributed by atoms with Crippen LogP contribution in [-0.2, 0) is 29.1 Å². The number of rotatable bonds is 8. The summed E-state index contributed by atoms with van der Waals surface area (Å²) in [5, 5.41) is 6.52. The number of alkyl carbamates (subject to hydrolysis) is 1. The van der Waals surface area contributed by atoms with Crippen LogP contribution < -0.4 is 34.3 Å². The Morgan fingerprint density at radius 1 is 0.984 bits per heavy atom. The molecule has 7 atom stereocenters. The van der Waals surface area contributed by atoms with Crippen LogP contribution in [0.2, 0.25) is 0 Å². The average molecular weight is 888 g/mol. The molecule has 5 aliphatic rings. The summed E-state index contributed by atoms with van der Waals surface area (Å²) < 4.78 is 57.8. The summed E-state index contributed by atoms with van der Waals surface area (Å²) in [6, 6.07) is 10.7. The van der Waals surface area contributed by atoms with Crippen molar-refractivity contribution in [2.24, 2.45) is 17.8 Å². The summed E-state index contributed by atoms with van der Waals surface area (Å²) in [6.07, 6.45) is 5.35. The topological polar surface area (TPSA) is 201 Å². The number of sulfonamides is 1. The highest BCUT2D eigenvalue weighted by Gasteiger charge is 2.62. The van der Waals surface area contributed by atoms with Crippen LogP contribution in [0.5, 0.6) is 23.1 Å². The molecule has 3 aromatic rings. The number of methoxy groups -OCH3 is 1. The molecule has 0 radical (unpaired) electrons. The maximum atomic E-state index is 15.0. The number of pyridine rings is 1. The van der Waals surface area contributed by atoms with Crippen LogP contribution in [0.3, 0.4) is 0 Å². The molecule has 0 spiro atoms. The first-order valence-electron chi connectivity index (χ1n) is 21.8. The predicted octanol–water partition coefficient (Wildman–Crippen LogP) is 5.42. The zero-order valence-electron chi connectivity index (χ0n) is 36.6. The number of allylic oxidation sites excluding steroid dienone is 1. The molecule has 3 N–H and O–H groups in total. The Balaban J connectivity index is 1.16. The molecule has 3 fully saturated rings. The van der Waals surface area contributed by atoms with Gasteiger partial charge in [0, 0.05) is 23.3 Å². The van der Waals surface area contributed by atoms with Crippen molar-refractivity contribution in [1.29, 1.82) is 0 Å². The van der Waals surface area contributed by atoms with Crippen LogP contribution in [-0.4, -0.2) is 104 Å². The van der Waals surface area contributed by atoms with Crippen LogP contribution in [0, 0.1) is 17.8 Å². The summed E-state index contributed by atoms with van der Waals surface area (Å²) in [5.74, 6) is -0.610.